The molecular weight excluding hydrogens is 1510 g/mol. The van der Waals surface area contributed by atoms with Crippen molar-refractivity contribution in [3.63, 3.8) is 0 Å². The number of hydrogen-bond acceptors (Lipinski definition) is 18. The average molecular weight is 1800 g/mol. The molecule has 0 radical (unpaired) electrons. The third-order valence-electron chi connectivity index (χ3n) is 15.4. The second-order valence-corrected chi connectivity index (χ2v) is 24.8. The van der Waals surface area contributed by atoms with Gasteiger partial charge >= 0.3 is 0 Å². The maximum Gasteiger partial charge on any atom is 0.118 e. The van der Waals surface area contributed by atoms with Crippen LogP contribution in [0.3, 0.4) is 0 Å². The van der Waals surface area contributed by atoms with Crippen molar-refractivity contribution in [2.24, 2.45) is 5.89 Å². The molecule has 0 saturated heterocycles. The van der Waals surface area contributed by atoms with Crippen molar-refractivity contribution < 1.29 is 230 Å². The zero-order chi connectivity index (χ0) is 198. The Bertz CT molecular complexity index is 9640. The lowest BCUT2D eigenvalue weighted by Gasteiger charge is -2.43. The Labute approximate surface area is 908 Å². The fourth-order valence-electron chi connectivity index (χ4n) is 10.0. The van der Waals surface area contributed by atoms with Crippen molar-refractivity contribution in [3.8, 4) is 34.5 Å². The predicted molar refractivity (Wildman–Crippen MR) is 498 cm³/mol. The molecule has 0 aliphatic heterocycles. The molecule has 12 rings (SSSR count). The molecule has 0 heterocycles. The molecule has 0 spiro atoms. The molecule has 6 fully saturated rings. The number of nitrogens with zero attached hydrogens (tertiary/aromatic N) is 6. The van der Waals surface area contributed by atoms with Gasteiger partial charge in [-0.1, -0.05) is 188 Å². The third-order valence-corrected chi connectivity index (χ3v) is 15.4. The highest BCUT2D eigenvalue weighted by molar-refractivity contribution is 5.37. The Balaban J connectivity index is 0.000000388. The van der Waals surface area contributed by atoms with Gasteiger partial charge in [0.25, 0.3) is 0 Å². The Hall–Kier alpha value is -6.36. The number of methoxy groups -OCH3 is 6. The van der Waals surface area contributed by atoms with Gasteiger partial charge in [0.15, 0.2) is 0 Å². The van der Waals surface area contributed by atoms with E-state index in [4.69, 9.17) is 171 Å². The van der Waals surface area contributed by atoms with Gasteiger partial charge in [-0.3, -0.25) is 0 Å². The maximum atomic E-state index is 12.2. The Morgan fingerprint density at radius 2 is 0.512 bits per heavy atom. The van der Waals surface area contributed by atoms with Crippen molar-refractivity contribution in [3.05, 3.63) is 178 Å². The van der Waals surface area contributed by atoms with Crippen LogP contribution in [0, 0.1) is 5.89 Å². The van der Waals surface area contributed by atoms with Gasteiger partial charge < -0.3 is 88.5 Å². The van der Waals surface area contributed by atoms with Crippen LogP contribution in [0.4, 0.5) is 0 Å². The number of aliphatic hydroxyl groups is 6. The molecule has 6 aromatic rings. The highest BCUT2D eigenvalue weighted by Crippen LogP contribution is 2.48. The summed E-state index contributed by atoms with van der Waals surface area (Å²) in [6, 6.07) is -31.9. The summed E-state index contributed by atoms with van der Waals surface area (Å²) in [6.45, 7) is -37.3. The van der Waals surface area contributed by atoms with Crippen LogP contribution < -0.4 is 28.4 Å². The van der Waals surface area contributed by atoms with Crippen LogP contribution >= 0.6 is 0 Å². The molecule has 0 bridgehead atoms. The Morgan fingerprint density at radius 3 is 0.760 bits per heavy atom. The predicted octanol–water partition coefficient (Wildman–Crippen LogP) is 18.5. The summed E-state index contributed by atoms with van der Waals surface area (Å²) in [7, 11) is -13.8. The Morgan fingerprint density at radius 1 is 0.298 bits per heavy atom. The van der Waals surface area contributed by atoms with Crippen LogP contribution in [-0.2, 0) is 0 Å². The van der Waals surface area contributed by atoms with E-state index in [1.165, 1.54) is 19.0 Å². The topological polar surface area (TPSA) is 196 Å². The van der Waals surface area contributed by atoms with Crippen LogP contribution in [0.1, 0.15) is 432 Å². The molecular formula is C103H164N6O12. The molecule has 6 N–H and O–H groups in total. The Kier molecular flexibility index (Phi) is 10.2. The number of likely N-dealkylation sites (N-methyl/N-ethyl adjacent to an activating group) is 6. The van der Waals surface area contributed by atoms with Crippen molar-refractivity contribution in [1.82, 2.24) is 29.4 Å². The highest BCUT2D eigenvalue weighted by atomic mass is 16.5. The van der Waals surface area contributed by atoms with Gasteiger partial charge in [-0.25, -0.2) is 0 Å². The van der Waals surface area contributed by atoms with Gasteiger partial charge in [0.2, 0.25) is 0 Å². The fourth-order valence-corrected chi connectivity index (χ4v) is 10.0. The number of rotatable bonds is 30. The molecule has 121 heavy (non-hydrogen) atoms. The average Bonchev–Trinajstić information content (AvgIpc) is 0.646. The first-order valence-electron chi connectivity index (χ1n) is 96.0. The molecule has 18 heteroatoms. The normalized spacial score (nSPS) is 50.6. The fraction of sp³-hybridized carbons (Fsp3) is 0.650. The maximum absolute atomic E-state index is 12.2. The molecule has 0 amide bonds. The minimum atomic E-state index is -4.65. The standard InChI is InChI=1S/C18H29NO2.5C17H27NO2/c1-14-6-5-11-18(20,12-14)17(13-19(2)3)15-7-9-16(21-4)10-8-15;5*1-18(2)13-16(17(19)11-5-4-6-12-17)14-7-9-15(20-3)10-8-14/h7-10,14,17,20H,5-6,11-13H2,1-4H3;5*7-10,16,19H,4-6,11-13H2,1-3H3/i2D3,3D3,4D3,5D2,6D2,7D,8D,9D,10D,11D2,12D2,13D2,14D;1D3,3D3,4D2,5D2,6D2,7D,8D,9D,10D,11D2,12D2,13D2;1D3,2D3,3D3,4D2,5D2,6D2,7D,8D,9D,10D,11D2,12D2;3D3,4D2,5D2,6D2,7D,8D,9D,10D,11D2,12D2,13D2;1D3,3D3,4D2,5D2,6D2,7D,8D,9D,10D,11D2,12D2;3D3,4D2,5D2,6D2,7D,8D,9D,10D,11D2,12D2. The first-order chi connectivity index (χ1) is 107. The molecule has 6 saturated carbocycles. The molecule has 8 atom stereocenters. The quantitative estimate of drug-likeness (QED) is 0.0249. The van der Waals surface area contributed by atoms with E-state index in [0.717, 1.165) is 21.1 Å². The number of hydrogen-bond donors (Lipinski definition) is 6. The van der Waals surface area contributed by atoms with E-state index >= 15 is 0 Å². The molecule has 6 aliphatic carbocycles. The molecule has 678 valence electrons. The van der Waals surface area contributed by atoms with Crippen molar-refractivity contribution >= 4 is 0 Å². The monoisotopic (exact) mass is 1800 g/mol. The zero-order valence-corrected chi connectivity index (χ0v) is 63.9. The summed E-state index contributed by atoms with van der Waals surface area (Å²) >= 11 is 0. The first-order valence-corrected chi connectivity index (χ1v) is 33.5. The summed E-state index contributed by atoms with van der Waals surface area (Å²) in [5.74, 6) is -28.6. The van der Waals surface area contributed by atoms with Gasteiger partial charge in [-0.05, 0) is 272 Å². The van der Waals surface area contributed by atoms with Crippen LogP contribution in [-0.4, -0.2) is 259 Å². The van der Waals surface area contributed by atoms with E-state index < -0.39 is 606 Å². The SMILES string of the molecule is [2H]c1c([2H])c(C(C([2H])([2H])N(C([2H])([2H])[2H])C([2H])([2H])[2H])C2(O)C([2H])([2H])C([2H])([2H])C([2H])([2H])C([2H])(C)C2([2H])[2H])c([2H])c([2H])c1OC([2H])([2H])[2H].[2H]c1c([2H])c(C(C([2H])([2H])N(C)C([2H])([2H])[2H])C2(O)C([2H])([2H])C([2H])([2H])C([2H])([2H])C([2H])([2H])C2([2H])[2H])c([2H])c([2H])c1OC([2H])([2H])[2H].[2H]c1c([2H])c(C(C([2H])([2H])N(C)C)C2(O)C([2H])([2H])C([2H])([2H])C([2H])([2H])C([2H])([2H])C2([2H])[2H])c([2H])c([2H])c1OC([2H])([2H])[2H].[2H]c1c([2H])c(C(CN(C([2H])([2H])[2H])C([2H])([2H])[2H])C2(O)C([2H])([2H])C([2H])([2H])C([2H])([2H])C([2H])([2H])C2([2H])[2H])c([2H])c([2H])c1OC([2H])([2H])[2H].[2H]c1c([2H])c(C(CN(C)C([2H])([2H])[2H])C2(O)C([2H])([2H])C([2H])([2H])C([2H])([2H])C([2H])([2H])C2([2H])[2H])c([2H])c([2H])c1OC([2H])([2H])[2H].[2H]c1c([2H])c(C(CN(C)C)C2(O)C([2H])([2H])C([2H])([2H])C([2H])([2H])C([2H])([2H])C2([2H])[2H])c([2H])c([2H])c1OC([2H])([2H])[2H]. The summed E-state index contributed by atoms with van der Waals surface area (Å²) in [6.07, 6.45) is -120. The smallest absolute Gasteiger partial charge is 0.118 e. The van der Waals surface area contributed by atoms with E-state index in [0.29, 0.717) is 23.8 Å². The van der Waals surface area contributed by atoms with E-state index in [2.05, 4.69) is 28.4 Å². The molecule has 6 aliphatic rings. The number of benzene rings is 6. The van der Waals surface area contributed by atoms with Crippen LogP contribution in [0.15, 0.2) is 145 Å². The van der Waals surface area contributed by atoms with E-state index in [1.807, 2.05) is 0 Å². The summed E-state index contributed by atoms with van der Waals surface area (Å²) < 4.78 is 1040. The van der Waals surface area contributed by atoms with Gasteiger partial charge in [-0.15, -0.1) is 0 Å². The minimum Gasteiger partial charge on any atom is -0.497 e. The van der Waals surface area contributed by atoms with Crippen LogP contribution in [0.2, 0.25) is 0 Å². The zero-order valence-electron chi connectivity index (χ0n) is 189. The lowest BCUT2D eigenvalue weighted by molar-refractivity contribution is -0.0423. The van der Waals surface area contributed by atoms with Gasteiger partial charge in [0, 0.05) is 188 Å². The lowest BCUT2D eigenvalue weighted by Crippen LogP contribution is -2.44. The van der Waals surface area contributed by atoms with Gasteiger partial charge in [-0.2, -0.15) is 0 Å². The summed E-state index contributed by atoms with van der Waals surface area (Å²) in [4.78, 5) is 0.637. The van der Waals surface area contributed by atoms with Crippen LogP contribution in [0.5, 0.6) is 34.5 Å². The van der Waals surface area contributed by atoms with Gasteiger partial charge in [0.1, 0.15) is 34.5 Å². The molecule has 0 aromatic heterocycles. The van der Waals surface area contributed by atoms with Crippen molar-refractivity contribution in [2.75, 3.05) is 165 Å². The van der Waals surface area contributed by atoms with E-state index in [-0.39, 0.29) is 4.90 Å². The second-order valence-electron chi connectivity index (χ2n) is 24.8. The van der Waals surface area contributed by atoms with Crippen LogP contribution in [0.25, 0.3) is 0 Å². The lowest BCUT2D eigenvalue weighted by atomic mass is 9.69. The van der Waals surface area contributed by atoms with E-state index in [1.54, 1.807) is 0 Å². The van der Waals surface area contributed by atoms with E-state index in [9.17, 15) is 30.6 Å². The molecule has 6 aromatic carbocycles. The third kappa shape index (κ3) is 31.6. The summed E-state index contributed by atoms with van der Waals surface area (Å²) in [5, 5.41) is 72.0. The second kappa shape index (κ2) is 50.1. The number of ether oxygens (including phenoxy) is 6. The van der Waals surface area contributed by atoms with Crippen molar-refractivity contribution in [2.45, 2.75) is 261 Å². The highest BCUT2D eigenvalue weighted by Gasteiger charge is 2.45. The summed E-state index contributed by atoms with van der Waals surface area (Å²) in [5.41, 5.74) is -33.6. The molecule has 18 nitrogen and oxygen atoms in total. The minimum absolute atomic E-state index is 0.206. The largest absolute Gasteiger partial charge is 0.497 e. The molecule has 8 unspecified atom stereocenters. The van der Waals surface area contributed by atoms with Gasteiger partial charge in [0.05, 0.1) is 133 Å². The van der Waals surface area contributed by atoms with Crippen molar-refractivity contribution in [1.29, 1.82) is 0 Å². The first kappa shape index (κ1) is 24.5.